The van der Waals surface area contributed by atoms with Crippen LogP contribution in [0.3, 0.4) is 0 Å². The van der Waals surface area contributed by atoms with E-state index in [9.17, 15) is 40.5 Å². The van der Waals surface area contributed by atoms with Gasteiger partial charge in [0.05, 0.1) is 19.3 Å². The van der Waals surface area contributed by atoms with Gasteiger partial charge < -0.3 is 55.3 Å². The molecule has 0 aliphatic carbocycles. The van der Waals surface area contributed by atoms with E-state index in [-0.39, 0.29) is 6.42 Å². The summed E-state index contributed by atoms with van der Waals surface area (Å²) >= 11 is 0. The number of nitrogens with one attached hydrogen (secondary N) is 1. The van der Waals surface area contributed by atoms with Crippen LogP contribution in [0.2, 0.25) is 0 Å². The SMILES string of the molecule is CC(=O)N[C@]1(O)[C@@H](O)O[C@H](CO)[C@H](O)[C@@H]1O[C@H]1C[C@@H](O)[C@@H](O)[C@@H](CO)O1. The predicted molar refractivity (Wildman–Crippen MR) is 80.0 cm³/mol. The van der Waals surface area contributed by atoms with Gasteiger partial charge in [-0.15, -0.1) is 0 Å². The Labute approximate surface area is 148 Å². The minimum atomic E-state index is -2.59. The summed E-state index contributed by atoms with van der Waals surface area (Å²) < 4.78 is 15.6. The molecule has 152 valence electrons. The van der Waals surface area contributed by atoms with Gasteiger partial charge in [-0.05, 0) is 0 Å². The predicted octanol–water partition coefficient (Wildman–Crippen LogP) is -4.90. The van der Waals surface area contributed by atoms with Crippen molar-refractivity contribution in [2.75, 3.05) is 13.2 Å². The Bertz CT molecular complexity index is 494. The van der Waals surface area contributed by atoms with E-state index in [4.69, 9.17) is 14.2 Å². The third kappa shape index (κ3) is 4.14. The number of carbonyl (C=O) groups is 1. The molecule has 0 radical (unpaired) electrons. The van der Waals surface area contributed by atoms with Crippen molar-refractivity contribution in [2.24, 2.45) is 0 Å². The lowest BCUT2D eigenvalue weighted by atomic mass is 9.92. The maximum absolute atomic E-state index is 11.4. The summed E-state index contributed by atoms with van der Waals surface area (Å²) in [6, 6.07) is 0. The van der Waals surface area contributed by atoms with Crippen LogP contribution in [-0.2, 0) is 19.0 Å². The van der Waals surface area contributed by atoms with Gasteiger partial charge in [0.2, 0.25) is 17.9 Å². The van der Waals surface area contributed by atoms with Crippen molar-refractivity contribution in [1.82, 2.24) is 5.32 Å². The maximum Gasteiger partial charge on any atom is 0.219 e. The van der Waals surface area contributed by atoms with Crippen LogP contribution in [-0.4, -0.2) is 110 Å². The second kappa shape index (κ2) is 8.39. The summed E-state index contributed by atoms with van der Waals surface area (Å²) in [6.45, 7) is -0.308. The second-order valence-electron chi connectivity index (χ2n) is 6.34. The zero-order valence-corrected chi connectivity index (χ0v) is 14.0. The number of carbonyl (C=O) groups excluding carboxylic acids is 1. The van der Waals surface area contributed by atoms with Gasteiger partial charge >= 0.3 is 0 Å². The van der Waals surface area contributed by atoms with Crippen molar-refractivity contribution < 1.29 is 54.8 Å². The van der Waals surface area contributed by atoms with Crippen molar-refractivity contribution in [3.8, 4) is 0 Å². The number of hydrogen-bond donors (Lipinski definition) is 8. The van der Waals surface area contributed by atoms with Gasteiger partial charge in [0, 0.05) is 13.3 Å². The fourth-order valence-electron chi connectivity index (χ4n) is 3.01. The van der Waals surface area contributed by atoms with Crippen LogP contribution in [0.1, 0.15) is 13.3 Å². The van der Waals surface area contributed by atoms with Crippen LogP contribution in [0.5, 0.6) is 0 Å². The number of aliphatic hydroxyl groups excluding tert-OH is 6. The Morgan fingerprint density at radius 2 is 1.69 bits per heavy atom. The Kier molecular flexibility index (Phi) is 6.90. The first-order chi connectivity index (χ1) is 12.1. The highest BCUT2D eigenvalue weighted by Crippen LogP contribution is 2.32. The number of aliphatic hydroxyl groups is 7. The molecular weight excluding hydrogens is 358 g/mol. The summed E-state index contributed by atoms with van der Waals surface area (Å²) in [4.78, 5) is 11.4. The van der Waals surface area contributed by atoms with E-state index in [1.807, 2.05) is 5.32 Å². The Morgan fingerprint density at radius 3 is 2.23 bits per heavy atom. The third-order valence-corrected chi connectivity index (χ3v) is 4.38. The number of amides is 1. The van der Waals surface area contributed by atoms with Gasteiger partial charge in [-0.3, -0.25) is 4.79 Å². The van der Waals surface area contributed by atoms with E-state index in [0.717, 1.165) is 6.92 Å². The van der Waals surface area contributed by atoms with E-state index in [2.05, 4.69) is 0 Å². The molecule has 26 heavy (non-hydrogen) atoms. The van der Waals surface area contributed by atoms with Crippen molar-refractivity contribution in [3.63, 3.8) is 0 Å². The largest absolute Gasteiger partial charge is 0.394 e. The molecule has 0 spiro atoms. The first-order valence-electron chi connectivity index (χ1n) is 8.05. The van der Waals surface area contributed by atoms with Crippen LogP contribution < -0.4 is 5.32 Å². The average Bonchev–Trinajstić information content (AvgIpc) is 2.57. The molecule has 0 aromatic rings. The van der Waals surface area contributed by atoms with Crippen molar-refractivity contribution >= 4 is 5.91 Å². The minimum absolute atomic E-state index is 0.280. The molecule has 0 unspecified atom stereocenters. The van der Waals surface area contributed by atoms with Gasteiger partial charge in [0.1, 0.15) is 30.5 Å². The van der Waals surface area contributed by atoms with E-state index >= 15 is 0 Å². The molecule has 1 amide bonds. The highest BCUT2D eigenvalue weighted by atomic mass is 16.7. The normalized spacial score (nSPS) is 46.8. The lowest BCUT2D eigenvalue weighted by molar-refractivity contribution is -0.372. The van der Waals surface area contributed by atoms with Crippen molar-refractivity contribution in [1.29, 1.82) is 0 Å². The zero-order valence-electron chi connectivity index (χ0n) is 14.0. The molecule has 2 saturated heterocycles. The van der Waals surface area contributed by atoms with Crippen molar-refractivity contribution in [2.45, 2.75) is 68.3 Å². The lowest BCUT2D eigenvalue weighted by Gasteiger charge is -2.49. The smallest absolute Gasteiger partial charge is 0.219 e. The molecule has 2 aliphatic rings. The molecule has 0 aromatic heterocycles. The molecule has 2 aliphatic heterocycles. The lowest BCUT2D eigenvalue weighted by Crippen LogP contribution is -2.74. The Morgan fingerprint density at radius 1 is 1.12 bits per heavy atom. The van der Waals surface area contributed by atoms with Crippen LogP contribution in [0.15, 0.2) is 0 Å². The average molecular weight is 383 g/mol. The topological polar surface area (TPSA) is 198 Å². The highest BCUT2D eigenvalue weighted by Gasteiger charge is 2.57. The summed E-state index contributed by atoms with van der Waals surface area (Å²) in [5, 5.41) is 71.0. The summed E-state index contributed by atoms with van der Waals surface area (Å²) in [5.74, 6) is -0.772. The highest BCUT2D eigenvalue weighted by molar-refractivity contribution is 5.73. The van der Waals surface area contributed by atoms with Gasteiger partial charge in [-0.25, -0.2) is 0 Å². The van der Waals surface area contributed by atoms with Gasteiger partial charge in [-0.1, -0.05) is 0 Å². The standard InChI is InChI=1S/C14H25NO11/c1-5(18)15-14(23)12(11(21)8(4-17)25-13(14)22)26-9-2-6(19)10(20)7(3-16)24-9/h6-13,16-17,19-23H,2-4H2,1H3,(H,15,18)/t6-,7-,8-,9+,10-,11+,12+,13+,14-/m1/s1. The first kappa shape index (κ1) is 21.4. The minimum Gasteiger partial charge on any atom is -0.394 e. The molecule has 8 N–H and O–H groups in total. The monoisotopic (exact) mass is 383 g/mol. The molecule has 0 aromatic carbocycles. The van der Waals surface area contributed by atoms with E-state index < -0.39 is 74.0 Å². The van der Waals surface area contributed by atoms with Gasteiger partial charge in [-0.2, -0.15) is 0 Å². The van der Waals surface area contributed by atoms with Crippen LogP contribution in [0.4, 0.5) is 0 Å². The summed E-state index contributed by atoms with van der Waals surface area (Å²) in [7, 11) is 0. The number of ether oxygens (including phenoxy) is 3. The second-order valence-corrected chi connectivity index (χ2v) is 6.34. The van der Waals surface area contributed by atoms with Crippen LogP contribution in [0, 0.1) is 0 Å². The molecule has 9 atom stereocenters. The molecule has 2 heterocycles. The molecule has 0 saturated carbocycles. The van der Waals surface area contributed by atoms with Gasteiger partial charge in [0.15, 0.2) is 6.29 Å². The Hall–Kier alpha value is -0.930. The van der Waals surface area contributed by atoms with E-state index in [1.54, 1.807) is 0 Å². The third-order valence-electron chi connectivity index (χ3n) is 4.38. The quantitative estimate of drug-likeness (QED) is 0.212. The molecule has 12 nitrogen and oxygen atoms in total. The molecule has 0 bridgehead atoms. The fraction of sp³-hybridized carbons (Fsp3) is 0.929. The summed E-state index contributed by atoms with van der Waals surface area (Å²) in [6.07, 6.45) is -12.3. The Balaban J connectivity index is 2.24. The summed E-state index contributed by atoms with van der Waals surface area (Å²) in [5.41, 5.74) is -2.59. The van der Waals surface area contributed by atoms with Crippen molar-refractivity contribution in [3.05, 3.63) is 0 Å². The van der Waals surface area contributed by atoms with Crippen LogP contribution in [0.25, 0.3) is 0 Å². The van der Waals surface area contributed by atoms with E-state index in [0.29, 0.717) is 0 Å². The van der Waals surface area contributed by atoms with Crippen LogP contribution >= 0.6 is 0 Å². The maximum atomic E-state index is 11.4. The molecule has 12 heteroatoms. The first-order valence-corrected chi connectivity index (χ1v) is 8.05. The zero-order chi connectivity index (χ0) is 19.6. The van der Waals surface area contributed by atoms with Gasteiger partial charge in [0.25, 0.3) is 0 Å². The number of hydrogen-bond acceptors (Lipinski definition) is 11. The van der Waals surface area contributed by atoms with E-state index in [1.165, 1.54) is 0 Å². The molecule has 2 fully saturated rings. The number of rotatable bonds is 5. The molecule has 2 rings (SSSR count). The molecular formula is C14H25NO11. The fourth-order valence-corrected chi connectivity index (χ4v) is 3.01.